The minimum absolute atomic E-state index is 0.189. The predicted octanol–water partition coefficient (Wildman–Crippen LogP) is 1.75. The maximum atomic E-state index is 11.9. The zero-order valence-corrected chi connectivity index (χ0v) is 11.9. The summed E-state index contributed by atoms with van der Waals surface area (Å²) in [5.41, 5.74) is 11.3. The van der Waals surface area contributed by atoms with E-state index in [-0.39, 0.29) is 21.9 Å². The maximum absolute atomic E-state index is 11.9. The molecule has 1 aromatic rings. The van der Waals surface area contributed by atoms with E-state index < -0.39 is 11.9 Å². The van der Waals surface area contributed by atoms with Crippen LogP contribution in [0, 0.1) is 5.41 Å². The first-order chi connectivity index (χ1) is 8.62. The van der Waals surface area contributed by atoms with E-state index in [2.05, 4.69) is 5.32 Å². The minimum atomic E-state index is -0.651. The first-order valence-corrected chi connectivity index (χ1v) is 6.16. The second-order valence-electron chi connectivity index (χ2n) is 5.39. The molecule has 6 heteroatoms. The van der Waals surface area contributed by atoms with E-state index in [9.17, 15) is 9.59 Å². The van der Waals surface area contributed by atoms with E-state index in [1.165, 1.54) is 12.1 Å². The molecule has 0 radical (unpaired) electrons. The van der Waals surface area contributed by atoms with Crippen LogP contribution in [0.3, 0.4) is 0 Å². The Hall–Kier alpha value is -1.59. The Labute approximate surface area is 117 Å². The van der Waals surface area contributed by atoms with Gasteiger partial charge in [-0.2, -0.15) is 0 Å². The Morgan fingerprint density at radius 3 is 2.32 bits per heavy atom. The first-order valence-electron chi connectivity index (χ1n) is 5.78. The summed E-state index contributed by atoms with van der Waals surface area (Å²) in [6, 6.07) is 3.83. The Balaban J connectivity index is 2.87. The molecule has 0 bridgehead atoms. The second-order valence-corrected chi connectivity index (χ2v) is 5.80. The van der Waals surface area contributed by atoms with Crippen LogP contribution >= 0.6 is 11.6 Å². The molecule has 0 spiro atoms. The molecule has 0 heterocycles. The van der Waals surface area contributed by atoms with E-state index in [1.54, 1.807) is 6.07 Å². The normalized spacial score (nSPS) is 12.9. The Kier molecular flexibility index (Phi) is 4.55. The Morgan fingerprint density at radius 2 is 1.89 bits per heavy atom. The van der Waals surface area contributed by atoms with Crippen molar-refractivity contribution in [1.29, 1.82) is 0 Å². The number of rotatable bonds is 3. The second kappa shape index (κ2) is 5.59. The summed E-state index contributed by atoms with van der Waals surface area (Å²) in [5.74, 6) is -0.926. The molecule has 0 aliphatic rings. The smallest absolute Gasteiger partial charge is 0.250 e. The molecule has 1 aromatic carbocycles. The van der Waals surface area contributed by atoms with Gasteiger partial charge in [0, 0.05) is 5.69 Å². The van der Waals surface area contributed by atoms with Gasteiger partial charge in [0.2, 0.25) is 11.8 Å². The zero-order valence-electron chi connectivity index (χ0n) is 11.2. The van der Waals surface area contributed by atoms with Gasteiger partial charge in [0.05, 0.1) is 16.6 Å². The average Bonchev–Trinajstić information content (AvgIpc) is 2.26. The largest absolute Gasteiger partial charge is 0.366 e. The van der Waals surface area contributed by atoms with Crippen molar-refractivity contribution in [3.05, 3.63) is 28.8 Å². The topological polar surface area (TPSA) is 98.2 Å². The molecule has 2 amide bonds. The molecule has 104 valence electrons. The number of anilines is 1. The lowest BCUT2D eigenvalue weighted by Gasteiger charge is -2.25. The van der Waals surface area contributed by atoms with E-state index in [0.717, 1.165) is 0 Å². The molecule has 1 atom stereocenters. The van der Waals surface area contributed by atoms with Crippen LogP contribution in [-0.4, -0.2) is 17.9 Å². The van der Waals surface area contributed by atoms with E-state index >= 15 is 0 Å². The van der Waals surface area contributed by atoms with Crippen molar-refractivity contribution in [3.8, 4) is 0 Å². The molecule has 19 heavy (non-hydrogen) atoms. The summed E-state index contributed by atoms with van der Waals surface area (Å²) in [6.45, 7) is 5.63. The molecule has 0 aliphatic heterocycles. The van der Waals surface area contributed by atoms with Crippen LogP contribution in [-0.2, 0) is 4.79 Å². The highest BCUT2D eigenvalue weighted by molar-refractivity contribution is 6.34. The number of primary amides is 1. The van der Waals surface area contributed by atoms with Crippen LogP contribution < -0.4 is 16.8 Å². The molecule has 0 saturated heterocycles. The zero-order chi connectivity index (χ0) is 14.8. The van der Waals surface area contributed by atoms with Crippen LogP contribution in [0.4, 0.5) is 5.69 Å². The van der Waals surface area contributed by atoms with Gasteiger partial charge in [-0.05, 0) is 23.6 Å². The molecule has 1 rings (SSSR count). The van der Waals surface area contributed by atoms with Crippen molar-refractivity contribution in [2.24, 2.45) is 16.9 Å². The molecule has 0 saturated carbocycles. The molecule has 0 unspecified atom stereocenters. The lowest BCUT2D eigenvalue weighted by molar-refractivity contribution is -0.119. The fourth-order valence-corrected chi connectivity index (χ4v) is 1.68. The van der Waals surface area contributed by atoms with Crippen LogP contribution in [0.5, 0.6) is 0 Å². The number of hydrogen-bond acceptors (Lipinski definition) is 3. The average molecular weight is 284 g/mol. The molecule has 0 fully saturated rings. The summed E-state index contributed by atoms with van der Waals surface area (Å²) < 4.78 is 0. The molecular weight excluding hydrogens is 266 g/mol. The highest BCUT2D eigenvalue weighted by Crippen LogP contribution is 2.22. The van der Waals surface area contributed by atoms with Crippen molar-refractivity contribution >= 4 is 29.1 Å². The SMILES string of the molecule is CC(C)(C)[C@H](N)C(=O)Nc1ccc(C(N)=O)c(Cl)c1. The lowest BCUT2D eigenvalue weighted by Crippen LogP contribution is -2.45. The molecule has 5 nitrogen and oxygen atoms in total. The number of carbonyl (C=O) groups is 2. The Morgan fingerprint density at radius 1 is 1.32 bits per heavy atom. The van der Waals surface area contributed by atoms with Gasteiger partial charge in [-0.15, -0.1) is 0 Å². The van der Waals surface area contributed by atoms with Crippen LogP contribution in [0.25, 0.3) is 0 Å². The summed E-state index contributed by atoms with van der Waals surface area (Å²) in [4.78, 5) is 22.9. The number of nitrogens with two attached hydrogens (primary N) is 2. The van der Waals surface area contributed by atoms with Gasteiger partial charge in [-0.1, -0.05) is 32.4 Å². The highest BCUT2D eigenvalue weighted by atomic mass is 35.5. The van der Waals surface area contributed by atoms with Gasteiger partial charge >= 0.3 is 0 Å². The summed E-state index contributed by atoms with van der Waals surface area (Å²) in [7, 11) is 0. The summed E-state index contributed by atoms with van der Waals surface area (Å²) >= 11 is 5.89. The van der Waals surface area contributed by atoms with E-state index in [1.807, 2.05) is 20.8 Å². The number of nitrogens with one attached hydrogen (secondary N) is 1. The fourth-order valence-electron chi connectivity index (χ4n) is 1.41. The maximum Gasteiger partial charge on any atom is 0.250 e. The van der Waals surface area contributed by atoms with Gasteiger partial charge < -0.3 is 16.8 Å². The number of halogens is 1. The van der Waals surface area contributed by atoms with Crippen LogP contribution in [0.1, 0.15) is 31.1 Å². The van der Waals surface area contributed by atoms with Gasteiger partial charge in [0.15, 0.2) is 0 Å². The third kappa shape index (κ3) is 3.94. The van der Waals surface area contributed by atoms with Crippen molar-refractivity contribution in [2.75, 3.05) is 5.32 Å². The number of benzene rings is 1. The number of hydrogen-bond donors (Lipinski definition) is 3. The van der Waals surface area contributed by atoms with Gasteiger partial charge in [-0.3, -0.25) is 9.59 Å². The highest BCUT2D eigenvalue weighted by Gasteiger charge is 2.27. The van der Waals surface area contributed by atoms with Crippen LogP contribution in [0.15, 0.2) is 18.2 Å². The van der Waals surface area contributed by atoms with Gasteiger partial charge in [-0.25, -0.2) is 0 Å². The molecular formula is C13H18ClN3O2. The van der Waals surface area contributed by atoms with Gasteiger partial charge in [0.25, 0.3) is 0 Å². The third-order valence-corrected chi connectivity index (χ3v) is 3.03. The first kappa shape index (κ1) is 15.5. The monoisotopic (exact) mass is 283 g/mol. The van der Waals surface area contributed by atoms with Crippen molar-refractivity contribution in [2.45, 2.75) is 26.8 Å². The molecule has 0 aliphatic carbocycles. The summed E-state index contributed by atoms with van der Waals surface area (Å²) in [5, 5.41) is 2.84. The lowest BCUT2D eigenvalue weighted by atomic mass is 9.87. The Bertz CT molecular complexity index is 509. The minimum Gasteiger partial charge on any atom is -0.366 e. The fraction of sp³-hybridized carbons (Fsp3) is 0.385. The van der Waals surface area contributed by atoms with Crippen molar-refractivity contribution in [1.82, 2.24) is 0 Å². The van der Waals surface area contributed by atoms with Crippen LogP contribution in [0.2, 0.25) is 5.02 Å². The van der Waals surface area contributed by atoms with Crippen molar-refractivity contribution in [3.63, 3.8) is 0 Å². The predicted molar refractivity (Wildman–Crippen MR) is 76.0 cm³/mol. The van der Waals surface area contributed by atoms with Gasteiger partial charge in [0.1, 0.15) is 0 Å². The quantitative estimate of drug-likeness (QED) is 0.788. The number of amides is 2. The van der Waals surface area contributed by atoms with E-state index in [4.69, 9.17) is 23.1 Å². The van der Waals surface area contributed by atoms with Crippen molar-refractivity contribution < 1.29 is 9.59 Å². The number of carbonyl (C=O) groups excluding carboxylic acids is 2. The summed E-state index contributed by atoms with van der Waals surface area (Å²) in [6.07, 6.45) is 0. The third-order valence-electron chi connectivity index (χ3n) is 2.72. The molecule has 0 aromatic heterocycles. The standard InChI is InChI=1S/C13H18ClN3O2/c1-13(2,3)10(15)12(19)17-7-4-5-8(11(16)18)9(14)6-7/h4-6,10H,15H2,1-3H3,(H2,16,18)(H,17,19)/t10-/m1/s1. The molecule has 5 N–H and O–H groups in total. The van der Waals surface area contributed by atoms with E-state index in [0.29, 0.717) is 5.69 Å².